The molecule has 1 aromatic carbocycles. The summed E-state index contributed by atoms with van der Waals surface area (Å²) in [5.41, 5.74) is 2.16. The predicted molar refractivity (Wildman–Crippen MR) is 82.3 cm³/mol. The number of nitrogens with zero attached hydrogens (tertiary/aromatic N) is 1. The first-order chi connectivity index (χ1) is 9.80. The lowest BCUT2D eigenvalue weighted by Gasteiger charge is -2.24. The van der Waals surface area contributed by atoms with Gasteiger partial charge in [-0.2, -0.15) is 4.31 Å². The molecule has 116 valence electrons. The van der Waals surface area contributed by atoms with Crippen LogP contribution in [0, 0.1) is 6.92 Å². The summed E-state index contributed by atoms with van der Waals surface area (Å²) < 4.78 is 24.7. The molecule has 1 aromatic rings. The van der Waals surface area contributed by atoms with E-state index in [0.29, 0.717) is 13.0 Å². The van der Waals surface area contributed by atoms with Crippen LogP contribution in [0.15, 0.2) is 24.3 Å². The lowest BCUT2D eigenvalue weighted by Crippen LogP contribution is -2.46. The minimum atomic E-state index is -3.33. The summed E-state index contributed by atoms with van der Waals surface area (Å²) in [4.78, 5) is 12.4. The van der Waals surface area contributed by atoms with Gasteiger partial charge in [0.05, 0.1) is 12.3 Å². The fourth-order valence-electron chi connectivity index (χ4n) is 2.86. The van der Waals surface area contributed by atoms with Crippen LogP contribution in [0.5, 0.6) is 0 Å². The quantitative estimate of drug-likeness (QED) is 0.918. The van der Waals surface area contributed by atoms with Gasteiger partial charge in [-0.1, -0.05) is 24.3 Å². The van der Waals surface area contributed by atoms with Crippen LogP contribution in [-0.2, 0) is 14.8 Å². The van der Waals surface area contributed by atoms with Gasteiger partial charge in [0, 0.05) is 6.54 Å². The zero-order valence-electron chi connectivity index (χ0n) is 12.7. The molecule has 21 heavy (non-hydrogen) atoms. The Hall–Kier alpha value is -1.40. The predicted octanol–water partition coefficient (Wildman–Crippen LogP) is 1.60. The molecule has 0 aromatic heterocycles. The van der Waals surface area contributed by atoms with E-state index in [1.165, 1.54) is 4.31 Å². The van der Waals surface area contributed by atoms with Gasteiger partial charge in [0.2, 0.25) is 15.9 Å². The monoisotopic (exact) mass is 310 g/mol. The summed E-state index contributed by atoms with van der Waals surface area (Å²) in [5.74, 6) is -0.214. The summed E-state index contributed by atoms with van der Waals surface area (Å²) in [6.07, 6.45) is 2.46. The zero-order valence-corrected chi connectivity index (χ0v) is 13.5. The van der Waals surface area contributed by atoms with E-state index in [0.717, 1.165) is 23.8 Å². The van der Waals surface area contributed by atoms with Crippen molar-refractivity contribution in [1.82, 2.24) is 9.62 Å². The third kappa shape index (κ3) is 3.63. The molecule has 1 N–H and O–H groups in total. The standard InChI is InChI=1S/C15H22N2O3S/c1-11-7-4-5-8-13(11)12(2)16-15(18)14-9-6-10-17(14)21(3,19)20/h4-5,7-8,12,14H,6,9-10H2,1-3H3,(H,16,18). The number of nitrogens with one attached hydrogen (secondary N) is 1. The van der Waals surface area contributed by atoms with Gasteiger partial charge in [-0.25, -0.2) is 8.42 Å². The van der Waals surface area contributed by atoms with Crippen LogP contribution in [0.2, 0.25) is 0 Å². The number of benzene rings is 1. The van der Waals surface area contributed by atoms with Crippen molar-refractivity contribution >= 4 is 15.9 Å². The fourth-order valence-corrected chi connectivity index (χ4v) is 3.98. The van der Waals surface area contributed by atoms with Crippen molar-refractivity contribution < 1.29 is 13.2 Å². The molecule has 1 fully saturated rings. The fraction of sp³-hybridized carbons (Fsp3) is 0.533. The molecule has 2 unspecified atom stereocenters. The second kappa shape index (κ2) is 6.15. The van der Waals surface area contributed by atoms with Crippen molar-refractivity contribution in [2.45, 2.75) is 38.8 Å². The Balaban J connectivity index is 2.09. The van der Waals surface area contributed by atoms with E-state index in [-0.39, 0.29) is 11.9 Å². The average Bonchev–Trinajstić information content (AvgIpc) is 2.88. The molecule has 2 atom stereocenters. The lowest BCUT2D eigenvalue weighted by atomic mass is 10.0. The molecule has 1 aliphatic heterocycles. The highest BCUT2D eigenvalue weighted by molar-refractivity contribution is 7.88. The van der Waals surface area contributed by atoms with E-state index in [1.807, 2.05) is 38.1 Å². The number of rotatable bonds is 4. The number of amides is 1. The van der Waals surface area contributed by atoms with E-state index in [4.69, 9.17) is 0 Å². The molecular formula is C15H22N2O3S. The third-order valence-electron chi connectivity index (χ3n) is 3.95. The zero-order chi connectivity index (χ0) is 15.6. The van der Waals surface area contributed by atoms with Gasteiger partial charge in [0.25, 0.3) is 0 Å². The van der Waals surface area contributed by atoms with Gasteiger partial charge >= 0.3 is 0 Å². The molecule has 0 saturated carbocycles. The van der Waals surface area contributed by atoms with Crippen LogP contribution >= 0.6 is 0 Å². The maximum absolute atomic E-state index is 12.4. The maximum atomic E-state index is 12.4. The summed E-state index contributed by atoms with van der Waals surface area (Å²) >= 11 is 0. The molecule has 1 heterocycles. The first-order valence-electron chi connectivity index (χ1n) is 7.13. The average molecular weight is 310 g/mol. The molecule has 0 bridgehead atoms. The van der Waals surface area contributed by atoms with Gasteiger partial charge in [-0.15, -0.1) is 0 Å². The van der Waals surface area contributed by atoms with Gasteiger partial charge in [0.15, 0.2) is 0 Å². The largest absolute Gasteiger partial charge is 0.348 e. The maximum Gasteiger partial charge on any atom is 0.238 e. The van der Waals surface area contributed by atoms with Crippen LogP contribution < -0.4 is 5.32 Å². The number of carbonyl (C=O) groups excluding carboxylic acids is 1. The Morgan fingerprint density at radius 2 is 2.05 bits per heavy atom. The molecule has 1 saturated heterocycles. The Bertz CT molecular complexity index is 628. The van der Waals surface area contributed by atoms with Gasteiger partial charge < -0.3 is 5.32 Å². The minimum absolute atomic E-state index is 0.138. The van der Waals surface area contributed by atoms with Gasteiger partial charge in [-0.3, -0.25) is 4.79 Å². The van der Waals surface area contributed by atoms with Crippen molar-refractivity contribution in [3.05, 3.63) is 35.4 Å². The highest BCUT2D eigenvalue weighted by atomic mass is 32.2. The Kier molecular flexibility index (Phi) is 4.68. The van der Waals surface area contributed by atoms with E-state index in [9.17, 15) is 13.2 Å². The Labute approximate surface area is 126 Å². The van der Waals surface area contributed by atoms with E-state index in [1.54, 1.807) is 0 Å². The SMILES string of the molecule is Cc1ccccc1C(C)NC(=O)C1CCCN1S(C)(=O)=O. The topological polar surface area (TPSA) is 66.5 Å². The number of hydrogen-bond donors (Lipinski definition) is 1. The van der Waals surface area contributed by atoms with Crippen LogP contribution in [-0.4, -0.2) is 37.5 Å². The summed E-state index contributed by atoms with van der Waals surface area (Å²) in [7, 11) is -3.33. The molecule has 1 aliphatic rings. The number of sulfonamides is 1. The van der Waals surface area contributed by atoms with Crippen LogP contribution in [0.4, 0.5) is 0 Å². The summed E-state index contributed by atoms with van der Waals surface area (Å²) in [5, 5.41) is 2.94. The Morgan fingerprint density at radius 3 is 2.67 bits per heavy atom. The molecule has 5 nitrogen and oxygen atoms in total. The lowest BCUT2D eigenvalue weighted by molar-refractivity contribution is -0.124. The molecular weight excluding hydrogens is 288 g/mol. The summed E-state index contributed by atoms with van der Waals surface area (Å²) in [6.45, 7) is 4.34. The molecule has 6 heteroatoms. The molecule has 0 spiro atoms. The van der Waals surface area contributed by atoms with E-state index >= 15 is 0 Å². The molecule has 0 radical (unpaired) electrons. The van der Waals surface area contributed by atoms with Gasteiger partial charge in [-0.05, 0) is 37.8 Å². The molecule has 1 amide bonds. The normalized spacial score (nSPS) is 21.2. The smallest absolute Gasteiger partial charge is 0.238 e. The highest BCUT2D eigenvalue weighted by Gasteiger charge is 2.36. The number of carbonyl (C=O) groups is 1. The van der Waals surface area contributed by atoms with E-state index < -0.39 is 16.1 Å². The second-order valence-electron chi connectivity index (χ2n) is 5.62. The van der Waals surface area contributed by atoms with Crippen molar-refractivity contribution in [2.75, 3.05) is 12.8 Å². The number of hydrogen-bond acceptors (Lipinski definition) is 3. The van der Waals surface area contributed by atoms with Crippen LogP contribution in [0.1, 0.15) is 36.9 Å². The Morgan fingerprint density at radius 1 is 1.38 bits per heavy atom. The third-order valence-corrected chi connectivity index (χ3v) is 5.24. The molecule has 0 aliphatic carbocycles. The van der Waals surface area contributed by atoms with Crippen LogP contribution in [0.3, 0.4) is 0 Å². The second-order valence-corrected chi connectivity index (χ2v) is 7.55. The van der Waals surface area contributed by atoms with E-state index in [2.05, 4.69) is 5.32 Å². The minimum Gasteiger partial charge on any atom is -0.348 e. The van der Waals surface area contributed by atoms with Crippen molar-refractivity contribution in [1.29, 1.82) is 0 Å². The molecule has 2 rings (SSSR count). The first kappa shape index (κ1) is 16.0. The summed E-state index contributed by atoms with van der Waals surface area (Å²) in [6, 6.07) is 7.14. The van der Waals surface area contributed by atoms with Crippen molar-refractivity contribution in [2.24, 2.45) is 0 Å². The van der Waals surface area contributed by atoms with Gasteiger partial charge in [0.1, 0.15) is 6.04 Å². The van der Waals surface area contributed by atoms with Crippen LogP contribution in [0.25, 0.3) is 0 Å². The van der Waals surface area contributed by atoms with Crippen molar-refractivity contribution in [3.8, 4) is 0 Å². The van der Waals surface area contributed by atoms with Crippen molar-refractivity contribution in [3.63, 3.8) is 0 Å². The first-order valence-corrected chi connectivity index (χ1v) is 8.98. The highest BCUT2D eigenvalue weighted by Crippen LogP contribution is 2.22. The number of aryl methyl sites for hydroxylation is 1.